The van der Waals surface area contributed by atoms with Gasteiger partial charge in [-0.15, -0.1) is 0 Å². The standard InChI is InChI=1S/C20H20ClN3O4S2/c1-12-9-13(2)18-16(10-12)29-20(22-18)23-19(25)14-3-4-15(21)17(11-14)30(26,27)24-5-7-28-8-6-24/h3-4,9-11H,5-8H2,1-2H3,(H,22,23,25). The first-order valence-electron chi connectivity index (χ1n) is 9.32. The van der Waals surface area contributed by atoms with Crippen LogP contribution in [0.3, 0.4) is 0 Å². The summed E-state index contributed by atoms with van der Waals surface area (Å²) >= 11 is 7.55. The maximum atomic E-state index is 13.0. The molecule has 3 aromatic rings. The number of sulfonamides is 1. The Labute approximate surface area is 183 Å². The van der Waals surface area contributed by atoms with Gasteiger partial charge in [0.15, 0.2) is 5.13 Å². The molecule has 0 bridgehead atoms. The zero-order chi connectivity index (χ0) is 21.5. The van der Waals surface area contributed by atoms with E-state index in [4.69, 9.17) is 16.3 Å². The van der Waals surface area contributed by atoms with E-state index in [9.17, 15) is 13.2 Å². The minimum atomic E-state index is -3.82. The highest BCUT2D eigenvalue weighted by Crippen LogP contribution is 2.30. The Morgan fingerprint density at radius 3 is 2.67 bits per heavy atom. The van der Waals surface area contributed by atoms with Crippen LogP contribution < -0.4 is 5.32 Å². The quantitative estimate of drug-likeness (QED) is 0.632. The van der Waals surface area contributed by atoms with Gasteiger partial charge in [-0.3, -0.25) is 10.1 Å². The normalized spacial score (nSPS) is 15.4. The lowest BCUT2D eigenvalue weighted by atomic mass is 10.1. The third-order valence-electron chi connectivity index (χ3n) is 4.83. The van der Waals surface area contributed by atoms with Crippen molar-refractivity contribution >= 4 is 54.2 Å². The second-order valence-corrected chi connectivity index (χ2v) is 10.4. The molecule has 1 N–H and O–H groups in total. The number of amides is 1. The molecule has 7 nitrogen and oxygen atoms in total. The number of ether oxygens (including phenoxy) is 1. The molecule has 30 heavy (non-hydrogen) atoms. The van der Waals surface area contributed by atoms with Gasteiger partial charge < -0.3 is 4.74 Å². The summed E-state index contributed by atoms with van der Waals surface area (Å²) < 4.78 is 33.5. The summed E-state index contributed by atoms with van der Waals surface area (Å²) in [5.41, 5.74) is 3.19. The molecule has 1 saturated heterocycles. The SMILES string of the molecule is Cc1cc(C)c2nc(NC(=O)c3ccc(Cl)c(S(=O)(=O)N4CCOCC4)c3)sc2c1. The van der Waals surface area contributed by atoms with Gasteiger partial charge in [0, 0.05) is 18.7 Å². The van der Waals surface area contributed by atoms with Gasteiger partial charge in [-0.2, -0.15) is 4.31 Å². The number of thiazole rings is 1. The summed E-state index contributed by atoms with van der Waals surface area (Å²) in [5, 5.41) is 3.30. The van der Waals surface area contributed by atoms with E-state index in [2.05, 4.69) is 10.3 Å². The third kappa shape index (κ3) is 4.08. The Hall–Kier alpha value is -2.04. The molecular formula is C20H20ClN3O4S2. The van der Waals surface area contributed by atoms with Gasteiger partial charge >= 0.3 is 0 Å². The molecule has 0 unspecified atom stereocenters. The fourth-order valence-electron chi connectivity index (χ4n) is 3.36. The second kappa shape index (κ2) is 8.24. The zero-order valence-electron chi connectivity index (χ0n) is 16.4. The van der Waals surface area contributed by atoms with Gasteiger partial charge in [0.25, 0.3) is 5.91 Å². The predicted molar refractivity (Wildman–Crippen MR) is 118 cm³/mol. The summed E-state index contributed by atoms with van der Waals surface area (Å²) in [6, 6.07) is 8.29. The summed E-state index contributed by atoms with van der Waals surface area (Å²) in [5.74, 6) is -0.446. The molecule has 1 aromatic heterocycles. The minimum absolute atomic E-state index is 0.0733. The molecule has 1 fully saturated rings. The van der Waals surface area contributed by atoms with Crippen LogP contribution in [0, 0.1) is 13.8 Å². The highest BCUT2D eigenvalue weighted by Gasteiger charge is 2.29. The number of morpholine rings is 1. The predicted octanol–water partition coefficient (Wildman–Crippen LogP) is 3.84. The van der Waals surface area contributed by atoms with E-state index >= 15 is 0 Å². The maximum Gasteiger partial charge on any atom is 0.257 e. The topological polar surface area (TPSA) is 88.6 Å². The molecule has 2 heterocycles. The lowest BCUT2D eigenvalue weighted by Crippen LogP contribution is -2.40. The number of nitrogens with zero attached hydrogens (tertiary/aromatic N) is 2. The Morgan fingerprint density at radius 1 is 1.20 bits per heavy atom. The lowest BCUT2D eigenvalue weighted by Gasteiger charge is -2.26. The van der Waals surface area contributed by atoms with Gasteiger partial charge in [-0.05, 0) is 49.2 Å². The zero-order valence-corrected chi connectivity index (χ0v) is 18.8. The van der Waals surface area contributed by atoms with Gasteiger partial charge in [0.2, 0.25) is 10.0 Å². The van der Waals surface area contributed by atoms with Crippen molar-refractivity contribution in [1.82, 2.24) is 9.29 Å². The molecule has 1 amide bonds. The number of nitrogens with one attached hydrogen (secondary N) is 1. The average molecular weight is 466 g/mol. The molecule has 158 valence electrons. The molecule has 0 atom stereocenters. The van der Waals surface area contributed by atoms with E-state index in [-0.39, 0.29) is 28.6 Å². The Morgan fingerprint density at radius 2 is 1.93 bits per heavy atom. The number of carbonyl (C=O) groups is 1. The molecule has 0 aliphatic carbocycles. The number of anilines is 1. The molecule has 0 radical (unpaired) electrons. The van der Waals surface area contributed by atoms with Gasteiger partial charge in [-0.25, -0.2) is 13.4 Å². The van der Waals surface area contributed by atoms with Crippen molar-refractivity contribution in [3.63, 3.8) is 0 Å². The first kappa shape index (κ1) is 21.2. The molecule has 1 aliphatic heterocycles. The molecule has 0 spiro atoms. The van der Waals surface area contributed by atoms with Crippen LogP contribution >= 0.6 is 22.9 Å². The van der Waals surface area contributed by atoms with Crippen molar-refractivity contribution in [3.05, 3.63) is 52.0 Å². The van der Waals surface area contributed by atoms with Crippen molar-refractivity contribution in [2.45, 2.75) is 18.7 Å². The van der Waals surface area contributed by atoms with Crippen LogP contribution in [0.25, 0.3) is 10.2 Å². The van der Waals surface area contributed by atoms with Crippen LogP contribution in [0.2, 0.25) is 5.02 Å². The number of rotatable bonds is 4. The smallest absolute Gasteiger partial charge is 0.257 e. The Bertz CT molecular complexity index is 1230. The molecule has 10 heteroatoms. The highest BCUT2D eigenvalue weighted by atomic mass is 35.5. The number of hydrogen-bond donors (Lipinski definition) is 1. The number of halogens is 1. The fourth-order valence-corrected chi connectivity index (χ4v) is 6.31. The van der Waals surface area contributed by atoms with E-state index in [0.29, 0.717) is 18.3 Å². The first-order valence-corrected chi connectivity index (χ1v) is 12.0. The molecule has 2 aromatic carbocycles. The summed E-state index contributed by atoms with van der Waals surface area (Å²) in [7, 11) is -3.82. The molecular weight excluding hydrogens is 446 g/mol. The lowest BCUT2D eigenvalue weighted by molar-refractivity contribution is 0.0730. The van der Waals surface area contributed by atoms with E-state index in [1.54, 1.807) is 0 Å². The summed E-state index contributed by atoms with van der Waals surface area (Å²) in [4.78, 5) is 17.2. The minimum Gasteiger partial charge on any atom is -0.379 e. The summed E-state index contributed by atoms with van der Waals surface area (Å²) in [6.45, 7) is 5.14. The van der Waals surface area contributed by atoms with Crippen LogP contribution in [-0.4, -0.2) is 49.9 Å². The van der Waals surface area contributed by atoms with Crippen LogP contribution in [0.15, 0.2) is 35.2 Å². The molecule has 4 rings (SSSR count). The van der Waals surface area contributed by atoms with Crippen molar-refractivity contribution in [2.24, 2.45) is 0 Å². The Kier molecular flexibility index (Phi) is 5.82. The first-order chi connectivity index (χ1) is 14.3. The fraction of sp³-hybridized carbons (Fsp3) is 0.300. The largest absolute Gasteiger partial charge is 0.379 e. The van der Waals surface area contributed by atoms with Crippen molar-refractivity contribution in [2.75, 3.05) is 31.6 Å². The van der Waals surface area contributed by atoms with Crippen LogP contribution in [0.1, 0.15) is 21.5 Å². The van der Waals surface area contributed by atoms with E-state index in [1.165, 1.54) is 33.8 Å². The number of hydrogen-bond acceptors (Lipinski definition) is 6. The second-order valence-electron chi connectivity index (χ2n) is 7.06. The highest BCUT2D eigenvalue weighted by molar-refractivity contribution is 7.89. The summed E-state index contributed by atoms with van der Waals surface area (Å²) in [6.07, 6.45) is 0. The number of aryl methyl sites for hydroxylation is 2. The number of aromatic nitrogens is 1. The number of carbonyl (C=O) groups excluding carboxylic acids is 1. The monoisotopic (exact) mass is 465 g/mol. The van der Waals surface area contributed by atoms with E-state index in [0.717, 1.165) is 21.3 Å². The molecule has 0 saturated carbocycles. The van der Waals surface area contributed by atoms with E-state index in [1.807, 2.05) is 26.0 Å². The van der Waals surface area contributed by atoms with E-state index < -0.39 is 15.9 Å². The maximum absolute atomic E-state index is 13.0. The third-order valence-corrected chi connectivity index (χ3v) is 8.13. The average Bonchev–Trinajstić information content (AvgIpc) is 3.11. The Balaban J connectivity index is 1.62. The van der Waals surface area contributed by atoms with Gasteiger partial charge in [0.05, 0.1) is 28.5 Å². The van der Waals surface area contributed by atoms with Crippen molar-refractivity contribution in [1.29, 1.82) is 0 Å². The van der Waals surface area contributed by atoms with Crippen molar-refractivity contribution < 1.29 is 17.9 Å². The van der Waals surface area contributed by atoms with Crippen LogP contribution in [-0.2, 0) is 14.8 Å². The van der Waals surface area contributed by atoms with Gasteiger partial charge in [0.1, 0.15) is 4.90 Å². The van der Waals surface area contributed by atoms with Crippen LogP contribution in [0.5, 0.6) is 0 Å². The van der Waals surface area contributed by atoms with Crippen LogP contribution in [0.4, 0.5) is 5.13 Å². The molecule has 1 aliphatic rings. The van der Waals surface area contributed by atoms with Gasteiger partial charge in [-0.1, -0.05) is 29.0 Å². The number of fused-ring (bicyclic) bond motifs is 1. The van der Waals surface area contributed by atoms with Crippen molar-refractivity contribution in [3.8, 4) is 0 Å². The number of benzene rings is 2.